The summed E-state index contributed by atoms with van der Waals surface area (Å²) in [5.74, 6) is 0.430. The van der Waals surface area contributed by atoms with Gasteiger partial charge in [-0.25, -0.2) is 9.67 Å². The molecule has 0 bridgehead atoms. The number of likely N-dealkylation sites (tertiary alicyclic amines) is 1. The number of nitrogens with zero attached hydrogens (tertiary/aromatic N) is 5. The summed E-state index contributed by atoms with van der Waals surface area (Å²) in [5, 5.41) is 8.29. The number of piperidine rings is 1. The van der Waals surface area contributed by atoms with Crippen LogP contribution in [0.25, 0.3) is 11.2 Å². The highest BCUT2D eigenvalue weighted by Gasteiger charge is 2.31. The fourth-order valence-corrected chi connectivity index (χ4v) is 5.37. The number of aromatic amines is 1. The zero-order chi connectivity index (χ0) is 26.8. The third-order valence-corrected chi connectivity index (χ3v) is 7.55. The number of fused-ring (bicyclic) bond motifs is 1. The summed E-state index contributed by atoms with van der Waals surface area (Å²) in [4.78, 5) is 36.4. The number of carbonyl (C=O) groups is 1. The van der Waals surface area contributed by atoms with E-state index in [1.807, 2.05) is 84.6 Å². The highest BCUT2D eigenvalue weighted by Crippen LogP contribution is 2.31. The molecule has 1 aliphatic rings. The number of hydrogen-bond acceptors (Lipinski definition) is 5. The van der Waals surface area contributed by atoms with Crippen LogP contribution in [-0.4, -0.2) is 48.9 Å². The highest BCUT2D eigenvalue weighted by molar-refractivity contribution is 5.87. The van der Waals surface area contributed by atoms with Crippen LogP contribution in [0.1, 0.15) is 52.8 Å². The Kier molecular flexibility index (Phi) is 6.75. The van der Waals surface area contributed by atoms with Gasteiger partial charge in [-0.05, 0) is 36.5 Å². The number of amides is 1. The number of H-pyrrole nitrogens is 1. The fourth-order valence-electron chi connectivity index (χ4n) is 5.37. The Hall–Kier alpha value is -4.59. The van der Waals surface area contributed by atoms with Crippen molar-refractivity contribution in [1.82, 2.24) is 29.9 Å². The monoisotopic (exact) mass is 518 g/mol. The van der Waals surface area contributed by atoms with Crippen molar-refractivity contribution in [2.24, 2.45) is 0 Å². The van der Waals surface area contributed by atoms with Crippen LogP contribution in [0, 0.1) is 6.92 Å². The van der Waals surface area contributed by atoms with E-state index >= 15 is 0 Å². The molecule has 8 nitrogen and oxygen atoms in total. The Balaban J connectivity index is 1.21. The Labute approximate surface area is 226 Å². The second kappa shape index (κ2) is 10.6. The molecule has 3 heterocycles. The third-order valence-electron chi connectivity index (χ3n) is 7.55. The molecule has 1 N–H and O–H groups in total. The molecular formula is C31H30N6O2. The standard InChI is InChI=1S/C31H30N6O2/c1-21-12-14-22(15-13-21)20-37-29-27(34-35-37)30(38)33-28(32-29)25-16-18-36(19-17-25)31(39)26(23-8-4-2-5-9-23)24-10-6-3-7-11-24/h2-15,25-26H,16-20H2,1H3,(H,32,33,38). The van der Waals surface area contributed by atoms with E-state index in [0.29, 0.717) is 31.1 Å². The van der Waals surface area contributed by atoms with Crippen LogP contribution in [-0.2, 0) is 11.3 Å². The summed E-state index contributed by atoms with van der Waals surface area (Å²) < 4.78 is 1.68. The van der Waals surface area contributed by atoms with Crippen LogP contribution in [0.2, 0.25) is 0 Å². The summed E-state index contributed by atoms with van der Waals surface area (Å²) in [6, 6.07) is 28.1. The topological polar surface area (TPSA) is 96.8 Å². The lowest BCUT2D eigenvalue weighted by atomic mass is 9.88. The lowest BCUT2D eigenvalue weighted by Crippen LogP contribution is -2.41. The highest BCUT2D eigenvalue weighted by atomic mass is 16.2. The van der Waals surface area contributed by atoms with E-state index in [2.05, 4.69) is 27.4 Å². The van der Waals surface area contributed by atoms with E-state index in [4.69, 9.17) is 4.98 Å². The second-order valence-corrected chi connectivity index (χ2v) is 10.2. The minimum Gasteiger partial charge on any atom is -0.342 e. The van der Waals surface area contributed by atoms with Gasteiger partial charge in [-0.3, -0.25) is 9.59 Å². The van der Waals surface area contributed by atoms with Gasteiger partial charge in [0.25, 0.3) is 5.56 Å². The molecule has 1 amide bonds. The minimum atomic E-state index is -0.347. The van der Waals surface area contributed by atoms with E-state index < -0.39 is 0 Å². The van der Waals surface area contributed by atoms with E-state index in [1.54, 1.807) is 4.68 Å². The quantitative estimate of drug-likeness (QED) is 0.359. The Bertz CT molecular complexity index is 1600. The first kappa shape index (κ1) is 24.7. The molecule has 1 aliphatic heterocycles. The minimum absolute atomic E-state index is 0.0424. The predicted molar refractivity (Wildman–Crippen MR) is 150 cm³/mol. The van der Waals surface area contributed by atoms with Gasteiger partial charge in [0.15, 0.2) is 11.2 Å². The van der Waals surface area contributed by atoms with Crippen molar-refractivity contribution in [3.8, 4) is 0 Å². The fraction of sp³-hybridized carbons (Fsp3) is 0.258. The molecule has 0 spiro atoms. The first-order chi connectivity index (χ1) is 19.1. The maximum Gasteiger partial charge on any atom is 0.281 e. The Morgan fingerprint density at radius 2 is 1.54 bits per heavy atom. The number of aromatic nitrogens is 5. The molecule has 3 aromatic carbocycles. The molecule has 8 heteroatoms. The van der Waals surface area contributed by atoms with Crippen LogP contribution in [0.3, 0.4) is 0 Å². The van der Waals surface area contributed by atoms with Crippen LogP contribution >= 0.6 is 0 Å². The van der Waals surface area contributed by atoms with Gasteiger partial charge in [-0.1, -0.05) is 95.7 Å². The molecule has 6 rings (SSSR count). The molecule has 2 aromatic heterocycles. The van der Waals surface area contributed by atoms with Crippen LogP contribution in [0.15, 0.2) is 89.7 Å². The Morgan fingerprint density at radius 3 is 2.15 bits per heavy atom. The molecule has 0 saturated carbocycles. The number of benzene rings is 3. The molecule has 5 aromatic rings. The smallest absolute Gasteiger partial charge is 0.281 e. The van der Waals surface area contributed by atoms with Gasteiger partial charge >= 0.3 is 0 Å². The van der Waals surface area contributed by atoms with Gasteiger partial charge in [0.05, 0.1) is 12.5 Å². The number of nitrogens with one attached hydrogen (secondary N) is 1. The van der Waals surface area contributed by atoms with Crippen LogP contribution in [0.4, 0.5) is 0 Å². The van der Waals surface area contributed by atoms with Crippen LogP contribution in [0.5, 0.6) is 0 Å². The van der Waals surface area contributed by atoms with Crippen molar-refractivity contribution >= 4 is 17.1 Å². The molecule has 0 atom stereocenters. The maximum atomic E-state index is 13.8. The summed E-state index contributed by atoms with van der Waals surface area (Å²) in [6.07, 6.45) is 1.44. The largest absolute Gasteiger partial charge is 0.342 e. The normalized spacial score (nSPS) is 14.3. The van der Waals surface area contributed by atoms with E-state index in [9.17, 15) is 9.59 Å². The van der Waals surface area contributed by atoms with Crippen molar-refractivity contribution in [3.05, 3.63) is 123 Å². The van der Waals surface area contributed by atoms with Gasteiger partial charge < -0.3 is 9.88 Å². The molecule has 1 fully saturated rings. The van der Waals surface area contributed by atoms with Crippen molar-refractivity contribution in [2.75, 3.05) is 13.1 Å². The molecular weight excluding hydrogens is 488 g/mol. The molecule has 0 unspecified atom stereocenters. The number of hydrogen-bond donors (Lipinski definition) is 1. The SMILES string of the molecule is Cc1ccc(Cn2nnc3c(=O)[nH]c(C4CCN(C(=O)C(c5ccccc5)c5ccccc5)CC4)nc32)cc1. The summed E-state index contributed by atoms with van der Waals surface area (Å²) >= 11 is 0. The molecule has 1 saturated heterocycles. The third kappa shape index (κ3) is 5.10. The van der Waals surface area contributed by atoms with E-state index in [0.717, 1.165) is 29.5 Å². The summed E-state index contributed by atoms with van der Waals surface area (Å²) in [5.41, 5.74) is 4.67. The molecule has 0 radical (unpaired) electrons. The summed E-state index contributed by atoms with van der Waals surface area (Å²) in [7, 11) is 0. The first-order valence-corrected chi connectivity index (χ1v) is 13.3. The average molecular weight is 519 g/mol. The number of carbonyl (C=O) groups excluding carboxylic acids is 1. The molecule has 39 heavy (non-hydrogen) atoms. The van der Waals surface area contributed by atoms with Crippen molar-refractivity contribution in [2.45, 2.75) is 38.1 Å². The Morgan fingerprint density at radius 1 is 0.923 bits per heavy atom. The first-order valence-electron chi connectivity index (χ1n) is 13.3. The molecule has 196 valence electrons. The zero-order valence-corrected chi connectivity index (χ0v) is 21.8. The van der Waals surface area contributed by atoms with Crippen molar-refractivity contribution in [3.63, 3.8) is 0 Å². The number of aryl methyl sites for hydroxylation is 1. The number of rotatable bonds is 6. The summed E-state index contributed by atoms with van der Waals surface area (Å²) in [6.45, 7) is 3.73. The second-order valence-electron chi connectivity index (χ2n) is 10.2. The maximum absolute atomic E-state index is 13.8. The predicted octanol–water partition coefficient (Wildman–Crippen LogP) is 4.41. The van der Waals surface area contributed by atoms with Gasteiger partial charge in [0, 0.05) is 19.0 Å². The average Bonchev–Trinajstić information content (AvgIpc) is 3.38. The van der Waals surface area contributed by atoms with Crippen LogP contribution < -0.4 is 5.56 Å². The van der Waals surface area contributed by atoms with E-state index in [1.165, 1.54) is 5.56 Å². The van der Waals surface area contributed by atoms with Gasteiger partial charge in [-0.2, -0.15) is 0 Å². The van der Waals surface area contributed by atoms with Gasteiger partial charge in [-0.15, -0.1) is 5.10 Å². The van der Waals surface area contributed by atoms with Crippen molar-refractivity contribution in [1.29, 1.82) is 0 Å². The zero-order valence-electron chi connectivity index (χ0n) is 21.8. The molecule has 0 aliphatic carbocycles. The van der Waals surface area contributed by atoms with Gasteiger partial charge in [0.1, 0.15) is 5.82 Å². The lowest BCUT2D eigenvalue weighted by Gasteiger charge is -2.34. The van der Waals surface area contributed by atoms with Gasteiger partial charge in [0.2, 0.25) is 5.91 Å². The van der Waals surface area contributed by atoms with E-state index in [-0.39, 0.29) is 28.8 Å². The lowest BCUT2D eigenvalue weighted by molar-refractivity contribution is -0.133. The van der Waals surface area contributed by atoms with Crippen molar-refractivity contribution < 1.29 is 4.79 Å².